The van der Waals surface area contributed by atoms with Gasteiger partial charge in [0.25, 0.3) is 0 Å². The van der Waals surface area contributed by atoms with Crippen LogP contribution < -0.4 is 20.1 Å². The summed E-state index contributed by atoms with van der Waals surface area (Å²) >= 11 is 8.05. The Labute approximate surface area is 170 Å². The molecule has 1 aliphatic rings. The molecule has 24 heavy (non-hydrogen) atoms. The predicted octanol–water partition coefficient (Wildman–Crippen LogP) is 3.19. The first-order chi connectivity index (χ1) is 11.2. The Morgan fingerprint density at radius 1 is 1.29 bits per heavy atom. The van der Waals surface area contributed by atoms with Crippen LogP contribution in [0.1, 0.15) is 12.5 Å². The first-order valence-corrected chi connectivity index (χ1v) is 9.61. The molecule has 0 atom stereocenters. The number of nitrogens with one attached hydrogen (secondary N) is 2. The first-order valence-electron chi connectivity index (χ1n) is 7.83. The Balaban J connectivity index is 0.00000288. The molecule has 1 aromatic rings. The molecule has 0 saturated heterocycles. The minimum Gasteiger partial charge on any atom is -0.486 e. The van der Waals surface area contributed by atoms with E-state index in [2.05, 4.69) is 28.8 Å². The van der Waals surface area contributed by atoms with Crippen molar-refractivity contribution >= 4 is 53.3 Å². The lowest BCUT2D eigenvalue weighted by atomic mass is 10.1. The molecule has 2 rings (SSSR count). The highest BCUT2D eigenvalue weighted by atomic mass is 127. The zero-order valence-electron chi connectivity index (χ0n) is 14.1. The number of hydrogen-bond donors (Lipinski definition) is 2. The van der Waals surface area contributed by atoms with Gasteiger partial charge in [0, 0.05) is 18.8 Å². The smallest absolute Gasteiger partial charge is 0.191 e. The van der Waals surface area contributed by atoms with Gasteiger partial charge in [0.15, 0.2) is 17.5 Å². The number of nitrogens with zero attached hydrogens (tertiary/aromatic N) is 1. The van der Waals surface area contributed by atoms with Gasteiger partial charge >= 0.3 is 0 Å². The van der Waals surface area contributed by atoms with Crippen molar-refractivity contribution in [3.63, 3.8) is 0 Å². The van der Waals surface area contributed by atoms with E-state index in [0.29, 0.717) is 24.0 Å². The average Bonchev–Trinajstić information content (AvgIpc) is 2.55. The zero-order valence-corrected chi connectivity index (χ0v) is 18.0. The molecule has 0 fully saturated rings. The summed E-state index contributed by atoms with van der Waals surface area (Å²) in [6.45, 7) is 5.62. The zero-order chi connectivity index (χ0) is 16.5. The summed E-state index contributed by atoms with van der Waals surface area (Å²) in [5.74, 6) is 3.26. The van der Waals surface area contributed by atoms with Gasteiger partial charge in [-0.3, -0.25) is 4.99 Å². The number of ether oxygens (including phenoxy) is 2. The molecule has 0 aliphatic carbocycles. The van der Waals surface area contributed by atoms with Crippen LogP contribution in [0.3, 0.4) is 0 Å². The van der Waals surface area contributed by atoms with Crippen molar-refractivity contribution < 1.29 is 9.47 Å². The van der Waals surface area contributed by atoms with Crippen LogP contribution in [0.25, 0.3) is 0 Å². The summed E-state index contributed by atoms with van der Waals surface area (Å²) in [5, 5.41) is 7.20. The fourth-order valence-corrected chi connectivity index (χ4v) is 2.79. The molecule has 8 heteroatoms. The van der Waals surface area contributed by atoms with Gasteiger partial charge in [-0.05, 0) is 37.3 Å². The Kier molecular flexibility index (Phi) is 10.7. The van der Waals surface area contributed by atoms with E-state index in [1.54, 1.807) is 11.8 Å². The molecule has 0 saturated carbocycles. The van der Waals surface area contributed by atoms with E-state index >= 15 is 0 Å². The van der Waals surface area contributed by atoms with Gasteiger partial charge in [-0.15, -0.1) is 24.0 Å². The van der Waals surface area contributed by atoms with Crippen LogP contribution in [-0.2, 0) is 6.42 Å². The molecule has 1 aliphatic heterocycles. The minimum absolute atomic E-state index is 0. The normalized spacial score (nSPS) is 13.2. The van der Waals surface area contributed by atoms with Crippen molar-refractivity contribution in [2.75, 3.05) is 44.9 Å². The molecule has 0 unspecified atom stereocenters. The number of thioether (sulfide) groups is 1. The lowest BCUT2D eigenvalue weighted by Crippen LogP contribution is -2.38. The molecule has 136 valence electrons. The number of halogens is 2. The van der Waals surface area contributed by atoms with E-state index < -0.39 is 0 Å². The second-order valence-corrected chi connectivity index (χ2v) is 6.42. The number of guanidine groups is 1. The quantitative estimate of drug-likeness (QED) is 0.269. The largest absolute Gasteiger partial charge is 0.486 e. The van der Waals surface area contributed by atoms with Crippen LogP contribution in [-0.4, -0.2) is 50.8 Å². The molecule has 5 nitrogen and oxygen atoms in total. The van der Waals surface area contributed by atoms with Crippen LogP contribution in [0.2, 0.25) is 5.02 Å². The van der Waals surface area contributed by atoms with Crippen molar-refractivity contribution in [3.8, 4) is 11.5 Å². The van der Waals surface area contributed by atoms with E-state index in [9.17, 15) is 0 Å². The van der Waals surface area contributed by atoms with Gasteiger partial charge in [-0.25, -0.2) is 0 Å². The molecule has 2 N–H and O–H groups in total. The van der Waals surface area contributed by atoms with Crippen molar-refractivity contribution in [2.24, 2.45) is 4.99 Å². The van der Waals surface area contributed by atoms with Crippen LogP contribution in [0.4, 0.5) is 0 Å². The maximum atomic E-state index is 6.26. The predicted molar refractivity (Wildman–Crippen MR) is 114 cm³/mol. The minimum atomic E-state index is 0. The maximum Gasteiger partial charge on any atom is 0.191 e. The van der Waals surface area contributed by atoms with Crippen molar-refractivity contribution in [1.29, 1.82) is 0 Å². The highest BCUT2D eigenvalue weighted by molar-refractivity contribution is 14.0. The molecule has 1 heterocycles. The summed E-state index contributed by atoms with van der Waals surface area (Å²) in [6, 6.07) is 3.94. The number of hydrogen-bond acceptors (Lipinski definition) is 4. The van der Waals surface area contributed by atoms with Gasteiger partial charge in [0.2, 0.25) is 0 Å². The first kappa shape index (κ1) is 21.5. The number of fused-ring (bicyclic) bond motifs is 1. The van der Waals surface area contributed by atoms with Gasteiger partial charge in [-0.1, -0.05) is 11.6 Å². The third-order valence-electron chi connectivity index (χ3n) is 3.27. The van der Waals surface area contributed by atoms with E-state index in [-0.39, 0.29) is 24.0 Å². The standard InChI is InChI=1S/C16H24ClN3O2S.HI/c1-3-18-16(20-6-9-23-2)19-5-4-12-10-13(17)15-14(11-12)21-7-8-22-15;/h10-11H,3-9H2,1-2H3,(H2,18,19,20);1H. The third-order valence-corrected chi connectivity index (χ3v) is 4.14. The van der Waals surface area contributed by atoms with Crippen LogP contribution in [0.15, 0.2) is 17.1 Å². The molecule has 0 bridgehead atoms. The fourth-order valence-electron chi connectivity index (χ4n) is 2.22. The number of benzene rings is 1. The topological polar surface area (TPSA) is 54.9 Å². The van der Waals surface area contributed by atoms with E-state index in [0.717, 1.165) is 49.1 Å². The van der Waals surface area contributed by atoms with Crippen molar-refractivity contribution in [3.05, 3.63) is 22.7 Å². The lowest BCUT2D eigenvalue weighted by molar-refractivity contribution is 0.171. The molecular formula is C16H25ClIN3O2S. The Hall–Kier alpha value is -0.540. The Bertz CT molecular complexity index is 546. The van der Waals surface area contributed by atoms with Crippen molar-refractivity contribution in [1.82, 2.24) is 10.6 Å². The number of rotatable bonds is 7. The molecule has 0 spiro atoms. The average molecular weight is 486 g/mol. The maximum absolute atomic E-state index is 6.26. The summed E-state index contributed by atoms with van der Waals surface area (Å²) in [7, 11) is 0. The molecular weight excluding hydrogens is 461 g/mol. The molecule has 1 aromatic carbocycles. The molecule has 0 amide bonds. The lowest BCUT2D eigenvalue weighted by Gasteiger charge is -2.20. The fraction of sp³-hybridized carbons (Fsp3) is 0.562. The summed E-state index contributed by atoms with van der Waals surface area (Å²) in [4.78, 5) is 4.53. The van der Waals surface area contributed by atoms with Crippen LogP contribution in [0.5, 0.6) is 11.5 Å². The van der Waals surface area contributed by atoms with E-state index in [1.165, 1.54) is 0 Å². The Morgan fingerprint density at radius 2 is 2.08 bits per heavy atom. The van der Waals surface area contributed by atoms with Crippen LogP contribution >= 0.6 is 47.3 Å². The molecule has 0 radical (unpaired) electrons. The monoisotopic (exact) mass is 485 g/mol. The highest BCUT2D eigenvalue weighted by Crippen LogP contribution is 2.38. The second kappa shape index (κ2) is 11.9. The summed E-state index contributed by atoms with van der Waals surface area (Å²) < 4.78 is 11.1. The second-order valence-electron chi connectivity index (χ2n) is 5.03. The highest BCUT2D eigenvalue weighted by Gasteiger charge is 2.16. The summed E-state index contributed by atoms with van der Waals surface area (Å²) in [5.41, 5.74) is 1.12. The van der Waals surface area contributed by atoms with Gasteiger partial charge < -0.3 is 20.1 Å². The molecule has 0 aromatic heterocycles. The van der Waals surface area contributed by atoms with Gasteiger partial charge in [0.05, 0.1) is 11.6 Å². The SMILES string of the molecule is CCNC(=NCCSC)NCCc1cc(Cl)c2c(c1)OCCO2.I. The van der Waals surface area contributed by atoms with E-state index in [4.69, 9.17) is 21.1 Å². The van der Waals surface area contributed by atoms with Crippen LogP contribution in [0, 0.1) is 0 Å². The Morgan fingerprint density at radius 3 is 2.83 bits per heavy atom. The van der Waals surface area contributed by atoms with Crippen molar-refractivity contribution in [2.45, 2.75) is 13.3 Å². The number of aliphatic imine (C=N–C) groups is 1. The van der Waals surface area contributed by atoms with E-state index in [1.807, 2.05) is 12.1 Å². The van der Waals surface area contributed by atoms with Gasteiger partial charge in [-0.2, -0.15) is 11.8 Å². The summed E-state index contributed by atoms with van der Waals surface area (Å²) in [6.07, 6.45) is 2.92. The van der Waals surface area contributed by atoms with Gasteiger partial charge in [0.1, 0.15) is 13.2 Å². The third kappa shape index (κ3) is 6.76.